The lowest BCUT2D eigenvalue weighted by Crippen LogP contribution is -2.54. The van der Waals surface area contributed by atoms with Gasteiger partial charge in [0.05, 0.1) is 18.0 Å². The molecular formula is C22H26ClN3O5S. The number of halogens is 1. The Morgan fingerprint density at radius 1 is 0.969 bits per heavy atom. The zero-order chi connectivity index (χ0) is 23.3. The van der Waals surface area contributed by atoms with Crippen molar-refractivity contribution in [2.24, 2.45) is 0 Å². The Kier molecular flexibility index (Phi) is 7.63. The van der Waals surface area contributed by atoms with Crippen LogP contribution in [0.1, 0.15) is 18.1 Å². The monoisotopic (exact) mass is 479 g/mol. The second kappa shape index (κ2) is 10.2. The number of amides is 3. The third kappa shape index (κ3) is 5.52. The van der Waals surface area contributed by atoms with Crippen LogP contribution < -0.4 is 0 Å². The average Bonchev–Trinajstić information content (AvgIpc) is 2.78. The number of benzene rings is 2. The van der Waals surface area contributed by atoms with E-state index in [0.717, 1.165) is 9.87 Å². The lowest BCUT2D eigenvalue weighted by atomic mass is 10.2. The number of aryl methyl sites for hydroxylation is 1. The fourth-order valence-corrected chi connectivity index (χ4v) is 4.80. The van der Waals surface area contributed by atoms with Gasteiger partial charge in [-0.05, 0) is 43.7 Å². The van der Waals surface area contributed by atoms with Crippen LogP contribution in [-0.4, -0.2) is 67.4 Å². The first-order chi connectivity index (χ1) is 15.2. The fraction of sp³-hybridized carbons (Fsp3) is 0.364. The van der Waals surface area contributed by atoms with Crippen molar-refractivity contribution in [2.45, 2.75) is 25.3 Å². The van der Waals surface area contributed by atoms with E-state index in [2.05, 4.69) is 0 Å². The smallest absolute Gasteiger partial charge is 0.409 e. The highest BCUT2D eigenvalue weighted by molar-refractivity contribution is 7.89. The van der Waals surface area contributed by atoms with Crippen molar-refractivity contribution < 1.29 is 22.7 Å². The Labute approximate surface area is 193 Å². The molecule has 32 heavy (non-hydrogen) atoms. The van der Waals surface area contributed by atoms with Crippen molar-refractivity contribution in [1.82, 2.24) is 14.1 Å². The standard InChI is InChI=1S/C22H26ClN3O5S/c1-3-31-22(28)25-14-12-24(13-15-25)21(27)26(16-18-6-8-19(23)9-7-18)32(29,30)20-10-4-17(2)5-11-20/h4-11H,3,12-16H2,1-2H3. The van der Waals surface area contributed by atoms with Gasteiger partial charge in [-0.3, -0.25) is 0 Å². The Hall–Kier alpha value is -2.78. The van der Waals surface area contributed by atoms with Gasteiger partial charge in [0.25, 0.3) is 10.0 Å². The van der Waals surface area contributed by atoms with Gasteiger partial charge in [0, 0.05) is 31.2 Å². The highest BCUT2D eigenvalue weighted by Gasteiger charge is 2.35. The maximum atomic E-state index is 13.4. The Bertz CT molecular complexity index is 1050. The van der Waals surface area contributed by atoms with Crippen LogP contribution >= 0.6 is 11.6 Å². The summed E-state index contributed by atoms with van der Waals surface area (Å²) >= 11 is 5.95. The predicted octanol–water partition coefficient (Wildman–Crippen LogP) is 3.73. The molecule has 1 heterocycles. The van der Waals surface area contributed by atoms with E-state index in [-0.39, 0.29) is 44.2 Å². The first-order valence-electron chi connectivity index (χ1n) is 10.3. The number of carbonyl (C=O) groups excluding carboxylic acids is 2. The summed E-state index contributed by atoms with van der Waals surface area (Å²) in [5, 5.41) is 0.517. The van der Waals surface area contributed by atoms with E-state index >= 15 is 0 Å². The molecule has 0 radical (unpaired) electrons. The van der Waals surface area contributed by atoms with Crippen LogP contribution in [0.2, 0.25) is 5.02 Å². The first kappa shape index (κ1) is 23.9. The summed E-state index contributed by atoms with van der Waals surface area (Å²) < 4.78 is 32.7. The van der Waals surface area contributed by atoms with Crippen molar-refractivity contribution >= 4 is 33.7 Å². The fourth-order valence-electron chi connectivity index (χ4n) is 3.30. The minimum absolute atomic E-state index is 0.0376. The molecule has 0 spiro atoms. The van der Waals surface area contributed by atoms with Crippen LogP contribution in [0.3, 0.4) is 0 Å². The summed E-state index contributed by atoms with van der Waals surface area (Å²) in [7, 11) is -4.11. The molecule has 172 valence electrons. The van der Waals surface area contributed by atoms with Gasteiger partial charge in [0.2, 0.25) is 0 Å². The molecule has 0 bridgehead atoms. The van der Waals surface area contributed by atoms with Crippen LogP contribution in [0.25, 0.3) is 0 Å². The maximum Gasteiger partial charge on any atom is 0.409 e. The van der Waals surface area contributed by atoms with Gasteiger partial charge in [-0.15, -0.1) is 0 Å². The van der Waals surface area contributed by atoms with E-state index < -0.39 is 22.1 Å². The molecule has 3 rings (SSSR count). The lowest BCUT2D eigenvalue weighted by molar-refractivity contribution is 0.0822. The molecule has 1 aliphatic heterocycles. The maximum absolute atomic E-state index is 13.4. The molecule has 1 aliphatic rings. The van der Waals surface area contributed by atoms with Crippen LogP contribution in [0.5, 0.6) is 0 Å². The van der Waals surface area contributed by atoms with E-state index in [1.807, 2.05) is 6.92 Å². The van der Waals surface area contributed by atoms with Gasteiger partial charge in [0.15, 0.2) is 0 Å². The van der Waals surface area contributed by atoms with Gasteiger partial charge in [-0.1, -0.05) is 41.4 Å². The molecule has 0 N–H and O–H groups in total. The van der Waals surface area contributed by atoms with Crippen molar-refractivity contribution in [3.8, 4) is 0 Å². The summed E-state index contributed by atoms with van der Waals surface area (Å²) in [5.41, 5.74) is 1.54. The number of rotatable bonds is 5. The number of hydrogen-bond donors (Lipinski definition) is 0. The average molecular weight is 480 g/mol. The van der Waals surface area contributed by atoms with E-state index in [4.69, 9.17) is 16.3 Å². The van der Waals surface area contributed by atoms with Gasteiger partial charge < -0.3 is 14.5 Å². The van der Waals surface area contributed by atoms with Crippen LogP contribution in [-0.2, 0) is 21.3 Å². The molecule has 3 amide bonds. The highest BCUT2D eigenvalue weighted by atomic mass is 35.5. The van der Waals surface area contributed by atoms with Crippen molar-refractivity contribution in [3.63, 3.8) is 0 Å². The zero-order valence-corrected chi connectivity index (χ0v) is 19.6. The summed E-state index contributed by atoms with van der Waals surface area (Å²) in [4.78, 5) is 28.3. The molecule has 2 aromatic carbocycles. The molecule has 10 heteroatoms. The molecule has 0 unspecified atom stereocenters. The minimum Gasteiger partial charge on any atom is -0.450 e. The van der Waals surface area contributed by atoms with Gasteiger partial charge in [-0.2, -0.15) is 0 Å². The molecule has 0 atom stereocenters. The van der Waals surface area contributed by atoms with Gasteiger partial charge in [0.1, 0.15) is 0 Å². The number of nitrogens with zero attached hydrogens (tertiary/aromatic N) is 3. The number of hydrogen-bond acceptors (Lipinski definition) is 5. The summed E-state index contributed by atoms with van der Waals surface area (Å²) in [5.74, 6) is 0. The van der Waals surface area contributed by atoms with Crippen molar-refractivity contribution in [3.05, 3.63) is 64.7 Å². The summed E-state index contributed by atoms with van der Waals surface area (Å²) in [6, 6.07) is 12.4. The largest absolute Gasteiger partial charge is 0.450 e. The number of sulfonamides is 1. The van der Waals surface area contributed by atoms with Crippen LogP contribution in [0.4, 0.5) is 9.59 Å². The molecule has 0 saturated carbocycles. The third-order valence-corrected chi connectivity index (χ3v) is 7.12. The van der Waals surface area contributed by atoms with Crippen LogP contribution in [0.15, 0.2) is 53.4 Å². The molecule has 0 aromatic heterocycles. The SMILES string of the molecule is CCOC(=O)N1CCN(C(=O)N(Cc2ccc(Cl)cc2)S(=O)(=O)c2ccc(C)cc2)CC1. The number of piperazine rings is 1. The second-order valence-electron chi connectivity index (χ2n) is 7.41. The Morgan fingerprint density at radius 2 is 1.53 bits per heavy atom. The van der Waals surface area contributed by atoms with E-state index in [1.54, 1.807) is 43.3 Å². The zero-order valence-electron chi connectivity index (χ0n) is 18.0. The lowest BCUT2D eigenvalue weighted by Gasteiger charge is -2.36. The number of urea groups is 1. The summed E-state index contributed by atoms with van der Waals surface area (Å²) in [6.07, 6.45) is -0.440. The Morgan fingerprint density at radius 3 is 2.09 bits per heavy atom. The molecular weight excluding hydrogens is 454 g/mol. The minimum atomic E-state index is -4.11. The molecule has 2 aromatic rings. The van der Waals surface area contributed by atoms with Gasteiger partial charge in [-0.25, -0.2) is 22.3 Å². The van der Waals surface area contributed by atoms with Crippen molar-refractivity contribution in [2.75, 3.05) is 32.8 Å². The second-order valence-corrected chi connectivity index (χ2v) is 9.71. The highest BCUT2D eigenvalue weighted by Crippen LogP contribution is 2.22. The third-order valence-electron chi connectivity index (χ3n) is 5.14. The first-order valence-corrected chi connectivity index (χ1v) is 12.1. The van der Waals surface area contributed by atoms with E-state index in [0.29, 0.717) is 10.6 Å². The normalized spacial score (nSPS) is 14.2. The molecule has 8 nitrogen and oxygen atoms in total. The van der Waals surface area contributed by atoms with Gasteiger partial charge >= 0.3 is 12.1 Å². The quantitative estimate of drug-likeness (QED) is 0.652. The molecule has 1 fully saturated rings. The predicted molar refractivity (Wildman–Crippen MR) is 121 cm³/mol. The molecule has 1 saturated heterocycles. The molecule has 0 aliphatic carbocycles. The van der Waals surface area contributed by atoms with Crippen LogP contribution in [0, 0.1) is 6.92 Å². The summed E-state index contributed by atoms with van der Waals surface area (Å²) in [6.45, 7) is 4.66. The van der Waals surface area contributed by atoms with E-state index in [9.17, 15) is 18.0 Å². The van der Waals surface area contributed by atoms with Crippen molar-refractivity contribution in [1.29, 1.82) is 0 Å². The number of carbonyl (C=O) groups is 2. The topological polar surface area (TPSA) is 87.2 Å². The Balaban J connectivity index is 1.85. The number of ether oxygens (including phenoxy) is 1. The van der Waals surface area contributed by atoms with E-state index in [1.165, 1.54) is 21.9 Å².